The van der Waals surface area contributed by atoms with Crippen LogP contribution in [0.5, 0.6) is 0 Å². The van der Waals surface area contributed by atoms with Crippen molar-refractivity contribution in [2.45, 2.75) is 49.6 Å². The molecule has 0 fully saturated rings. The van der Waals surface area contributed by atoms with Crippen molar-refractivity contribution in [3.05, 3.63) is 150 Å². The number of alkyl carbamates (subject to hydrolysis) is 1. The van der Waals surface area contributed by atoms with Gasteiger partial charge in [0.25, 0.3) is 5.91 Å². The molecule has 0 spiro atoms. The summed E-state index contributed by atoms with van der Waals surface area (Å²) in [6, 6.07) is 40.4. The van der Waals surface area contributed by atoms with Crippen LogP contribution < -0.4 is 16.0 Å². The zero-order chi connectivity index (χ0) is 40.3. The van der Waals surface area contributed by atoms with E-state index in [1.807, 2.05) is 99.6 Å². The van der Waals surface area contributed by atoms with Crippen molar-refractivity contribution in [2.24, 2.45) is 0 Å². The minimum absolute atomic E-state index is 0.115. The molecule has 0 saturated carbocycles. The molecular formula is C44H49N3O7S2. The number of methoxy groups -OCH3 is 1. The predicted octanol–water partition coefficient (Wildman–Crippen LogP) is 7.58. The van der Waals surface area contributed by atoms with Gasteiger partial charge in [-0.2, -0.15) is 0 Å². The number of amides is 2. The van der Waals surface area contributed by atoms with Crippen LogP contribution in [-0.4, -0.2) is 75.5 Å². The molecule has 5 aromatic rings. The minimum Gasteiger partial charge on any atom is -0.467 e. The molecule has 294 valence electrons. The lowest BCUT2D eigenvalue weighted by atomic mass is 9.84. The third-order valence-electron chi connectivity index (χ3n) is 9.01. The summed E-state index contributed by atoms with van der Waals surface area (Å²) < 4.78 is 33.5. The van der Waals surface area contributed by atoms with Crippen molar-refractivity contribution < 1.29 is 32.3 Å². The summed E-state index contributed by atoms with van der Waals surface area (Å²) >= 11 is 1.73. The Hall–Kier alpha value is -5.33. The van der Waals surface area contributed by atoms with Crippen molar-refractivity contribution in [3.8, 4) is 0 Å². The van der Waals surface area contributed by atoms with Gasteiger partial charge in [0.05, 0.1) is 23.7 Å². The SMILES string of the molecule is COC(=O)[C@H](CCS(C)(=O)=O)NC(=O)c1cccc2cc(NC[C@H](CSC(c3ccccc3)(c3ccccc3)c3ccccc3)NC(=O)OC(C)(C)C)ccc12. The van der Waals surface area contributed by atoms with E-state index >= 15 is 0 Å². The Morgan fingerprint density at radius 2 is 1.32 bits per heavy atom. The molecule has 10 nitrogen and oxygen atoms in total. The number of hydrogen-bond acceptors (Lipinski definition) is 9. The Labute approximate surface area is 333 Å². The number of hydrogen-bond donors (Lipinski definition) is 3. The summed E-state index contributed by atoms with van der Waals surface area (Å²) in [5, 5.41) is 10.7. The van der Waals surface area contributed by atoms with Gasteiger partial charge in [-0.05, 0) is 72.9 Å². The van der Waals surface area contributed by atoms with Gasteiger partial charge in [0.1, 0.15) is 21.5 Å². The topological polar surface area (TPSA) is 140 Å². The second-order valence-corrected chi connectivity index (χ2v) is 18.0. The van der Waals surface area contributed by atoms with Crippen molar-refractivity contribution in [1.29, 1.82) is 0 Å². The van der Waals surface area contributed by atoms with Gasteiger partial charge in [-0.1, -0.05) is 109 Å². The Morgan fingerprint density at radius 3 is 1.84 bits per heavy atom. The molecule has 0 aliphatic rings. The van der Waals surface area contributed by atoms with Gasteiger partial charge in [-0.15, -0.1) is 11.8 Å². The average Bonchev–Trinajstić information content (AvgIpc) is 3.18. The Kier molecular flexibility index (Phi) is 13.8. The molecule has 56 heavy (non-hydrogen) atoms. The maximum Gasteiger partial charge on any atom is 0.407 e. The number of thioether (sulfide) groups is 1. The van der Waals surface area contributed by atoms with Crippen molar-refractivity contribution in [2.75, 3.05) is 36.7 Å². The number of sulfone groups is 1. The number of ether oxygens (including phenoxy) is 2. The molecule has 0 bridgehead atoms. The van der Waals surface area contributed by atoms with Crippen LogP contribution in [0, 0.1) is 0 Å². The van der Waals surface area contributed by atoms with E-state index in [9.17, 15) is 22.8 Å². The van der Waals surface area contributed by atoms with E-state index in [2.05, 4.69) is 52.3 Å². The van der Waals surface area contributed by atoms with E-state index in [4.69, 9.17) is 9.47 Å². The molecule has 0 saturated heterocycles. The first kappa shape index (κ1) is 41.8. The van der Waals surface area contributed by atoms with Gasteiger partial charge in [0, 0.05) is 29.8 Å². The number of carbonyl (C=O) groups excluding carboxylic acids is 3. The monoisotopic (exact) mass is 795 g/mol. The first-order valence-corrected chi connectivity index (χ1v) is 21.4. The van der Waals surface area contributed by atoms with E-state index < -0.39 is 44.2 Å². The van der Waals surface area contributed by atoms with Crippen LogP contribution in [0.3, 0.4) is 0 Å². The van der Waals surface area contributed by atoms with Crippen LogP contribution in [0.2, 0.25) is 0 Å². The molecular weight excluding hydrogens is 747 g/mol. The highest BCUT2D eigenvalue weighted by molar-refractivity contribution is 8.00. The second-order valence-electron chi connectivity index (χ2n) is 14.5. The maximum absolute atomic E-state index is 13.4. The fourth-order valence-electron chi connectivity index (χ4n) is 6.41. The van der Waals surface area contributed by atoms with Crippen LogP contribution in [-0.2, 0) is 28.9 Å². The summed E-state index contributed by atoms with van der Waals surface area (Å²) in [7, 11) is -2.19. The summed E-state index contributed by atoms with van der Waals surface area (Å²) in [5.74, 6) is -1.04. The van der Waals surface area contributed by atoms with Crippen molar-refractivity contribution >= 4 is 56.0 Å². The third kappa shape index (κ3) is 11.1. The predicted molar refractivity (Wildman–Crippen MR) is 225 cm³/mol. The zero-order valence-corrected chi connectivity index (χ0v) is 33.9. The summed E-state index contributed by atoms with van der Waals surface area (Å²) in [5.41, 5.74) is 3.71. The van der Waals surface area contributed by atoms with Gasteiger partial charge >= 0.3 is 12.1 Å². The molecule has 2 atom stereocenters. The summed E-state index contributed by atoms with van der Waals surface area (Å²) in [6.07, 6.45) is 0.433. The lowest BCUT2D eigenvalue weighted by Crippen LogP contribution is -2.45. The minimum atomic E-state index is -3.37. The number of rotatable bonds is 16. The van der Waals surface area contributed by atoms with Crippen LogP contribution in [0.1, 0.15) is 54.2 Å². The molecule has 0 heterocycles. The Bertz CT molecular complexity index is 2120. The lowest BCUT2D eigenvalue weighted by Gasteiger charge is -2.37. The first-order valence-electron chi connectivity index (χ1n) is 18.3. The maximum atomic E-state index is 13.4. The van der Waals surface area contributed by atoms with E-state index in [1.54, 1.807) is 23.9 Å². The highest BCUT2D eigenvalue weighted by Crippen LogP contribution is 2.48. The number of anilines is 1. The highest BCUT2D eigenvalue weighted by Gasteiger charge is 2.38. The van der Waals surface area contributed by atoms with E-state index in [0.29, 0.717) is 23.2 Å². The molecule has 5 rings (SSSR count). The largest absolute Gasteiger partial charge is 0.467 e. The van der Waals surface area contributed by atoms with Gasteiger partial charge in [-0.25, -0.2) is 18.0 Å². The van der Waals surface area contributed by atoms with Crippen LogP contribution in [0.4, 0.5) is 10.5 Å². The Morgan fingerprint density at radius 1 is 0.750 bits per heavy atom. The van der Waals surface area contributed by atoms with Gasteiger partial charge in [0.2, 0.25) is 0 Å². The van der Waals surface area contributed by atoms with Crippen LogP contribution >= 0.6 is 11.8 Å². The van der Waals surface area contributed by atoms with E-state index in [-0.39, 0.29) is 18.2 Å². The summed E-state index contributed by atoms with van der Waals surface area (Å²) in [4.78, 5) is 39.1. The fraction of sp³-hybridized carbons (Fsp3) is 0.295. The van der Waals surface area contributed by atoms with Gasteiger partial charge in [0.15, 0.2) is 0 Å². The van der Waals surface area contributed by atoms with Gasteiger partial charge in [-0.3, -0.25) is 4.79 Å². The highest BCUT2D eigenvalue weighted by atomic mass is 32.2. The van der Waals surface area contributed by atoms with Crippen molar-refractivity contribution in [1.82, 2.24) is 10.6 Å². The number of benzene rings is 5. The standard InChI is InChI=1S/C44H49N3O7S2/c1-43(2,3)54-42(50)46-36(30-55-44(32-17-9-6-10-18-32,33-19-11-7-12-20-33)34-21-13-8-14-22-34)29-45-35-24-25-37-31(28-35)16-15-23-38(37)40(48)47-39(41(49)53-4)26-27-56(5,51)52/h6-25,28,36,39,45H,26-27,29-30H2,1-5H3,(H,46,50)(H,47,48)/t36-,39+/m1/s1. The molecule has 0 aliphatic heterocycles. The van der Waals surface area contributed by atoms with E-state index in [0.717, 1.165) is 34.0 Å². The average molecular weight is 796 g/mol. The van der Waals surface area contributed by atoms with Crippen molar-refractivity contribution in [3.63, 3.8) is 0 Å². The quantitative estimate of drug-likeness (QED) is 0.0682. The third-order valence-corrected chi connectivity index (χ3v) is 11.7. The number of nitrogens with one attached hydrogen (secondary N) is 3. The van der Waals surface area contributed by atoms with Crippen LogP contribution in [0.15, 0.2) is 127 Å². The molecule has 0 aliphatic carbocycles. The number of esters is 1. The van der Waals surface area contributed by atoms with Gasteiger partial charge < -0.3 is 25.4 Å². The second kappa shape index (κ2) is 18.5. The fourth-order valence-corrected chi connectivity index (χ4v) is 8.64. The molecule has 12 heteroatoms. The molecule has 0 aromatic heterocycles. The lowest BCUT2D eigenvalue weighted by molar-refractivity contribution is -0.142. The smallest absolute Gasteiger partial charge is 0.407 e. The molecule has 0 unspecified atom stereocenters. The normalized spacial score (nSPS) is 12.9. The molecule has 3 N–H and O–H groups in total. The number of carbonyl (C=O) groups is 3. The van der Waals surface area contributed by atoms with Crippen LogP contribution in [0.25, 0.3) is 10.8 Å². The number of fused-ring (bicyclic) bond motifs is 1. The van der Waals surface area contributed by atoms with E-state index in [1.165, 1.54) is 7.11 Å². The summed E-state index contributed by atoms with van der Waals surface area (Å²) in [6.45, 7) is 5.84. The molecule has 0 radical (unpaired) electrons. The molecule has 2 amide bonds. The molecule has 5 aromatic carbocycles. The first-order chi connectivity index (χ1) is 26.7. The zero-order valence-electron chi connectivity index (χ0n) is 32.3. The Balaban J connectivity index is 1.42.